The van der Waals surface area contributed by atoms with E-state index < -0.39 is 23.7 Å². The number of benzene rings is 1. The molecule has 0 aliphatic rings. The number of aromatic nitrogens is 1. The molecule has 20 heavy (non-hydrogen) atoms. The maximum atomic E-state index is 13.2. The summed E-state index contributed by atoms with van der Waals surface area (Å²) >= 11 is 5.81. The number of aliphatic hydroxyl groups excluding tert-OH is 1. The highest BCUT2D eigenvalue weighted by molar-refractivity contribution is 6.31. The Morgan fingerprint density at radius 3 is 2.50 bits per heavy atom. The maximum Gasteiger partial charge on any atom is 0.419 e. The number of alkyl halides is 3. The third kappa shape index (κ3) is 2.91. The van der Waals surface area contributed by atoms with Gasteiger partial charge in [-0.2, -0.15) is 13.2 Å². The highest BCUT2D eigenvalue weighted by Gasteiger charge is 2.34. The molecule has 0 amide bonds. The summed E-state index contributed by atoms with van der Waals surface area (Å²) in [6.07, 6.45) is -4.96. The molecule has 0 saturated carbocycles. The first-order valence-corrected chi connectivity index (χ1v) is 5.83. The summed E-state index contributed by atoms with van der Waals surface area (Å²) in [5.41, 5.74) is -1.57. The number of rotatable bonds is 2. The van der Waals surface area contributed by atoms with Crippen molar-refractivity contribution in [3.8, 4) is 0 Å². The van der Waals surface area contributed by atoms with Crippen LogP contribution in [0.1, 0.15) is 22.9 Å². The molecule has 1 N–H and O–H groups in total. The number of aliphatic hydroxyl groups is 1. The number of hydrogen-bond acceptors (Lipinski definition) is 2. The summed E-state index contributed by atoms with van der Waals surface area (Å²) in [5.74, 6) is -1.40. The lowest BCUT2D eigenvalue weighted by molar-refractivity contribution is -0.140. The van der Waals surface area contributed by atoms with E-state index in [1.54, 1.807) is 0 Å². The number of halogens is 5. The van der Waals surface area contributed by atoms with Gasteiger partial charge in [0.25, 0.3) is 0 Å². The zero-order valence-corrected chi connectivity index (χ0v) is 10.6. The minimum atomic E-state index is -4.84. The summed E-state index contributed by atoms with van der Waals surface area (Å²) in [6.45, 7) is 0. The van der Waals surface area contributed by atoms with Gasteiger partial charge in [-0.05, 0) is 29.8 Å². The molecule has 0 aliphatic carbocycles. The number of hydrogen-bond donors (Lipinski definition) is 1. The van der Waals surface area contributed by atoms with Crippen LogP contribution in [0.15, 0.2) is 36.5 Å². The largest absolute Gasteiger partial charge is 0.419 e. The van der Waals surface area contributed by atoms with Gasteiger partial charge in [0, 0.05) is 6.20 Å². The van der Waals surface area contributed by atoms with Gasteiger partial charge in [0.15, 0.2) is 0 Å². The standard InChI is InChI=1S/C13H8ClF4NO/c14-9-2-1-5-19-11(9)12(20)7-3-4-10(15)8(6-7)13(16,17)18/h1-6,12,20H. The van der Waals surface area contributed by atoms with E-state index in [0.29, 0.717) is 12.1 Å². The second-order valence-electron chi connectivity index (χ2n) is 4.01. The van der Waals surface area contributed by atoms with Gasteiger partial charge in [-0.3, -0.25) is 4.98 Å². The molecule has 7 heteroatoms. The van der Waals surface area contributed by atoms with Gasteiger partial charge in [-0.1, -0.05) is 17.7 Å². The fraction of sp³-hybridized carbons (Fsp3) is 0.154. The van der Waals surface area contributed by atoms with Gasteiger partial charge in [-0.25, -0.2) is 4.39 Å². The van der Waals surface area contributed by atoms with Crippen molar-refractivity contribution in [3.05, 3.63) is 64.2 Å². The van der Waals surface area contributed by atoms with Crippen molar-refractivity contribution in [2.75, 3.05) is 0 Å². The SMILES string of the molecule is OC(c1ccc(F)c(C(F)(F)F)c1)c1ncccc1Cl. The number of pyridine rings is 1. The maximum absolute atomic E-state index is 13.2. The lowest BCUT2D eigenvalue weighted by Crippen LogP contribution is -2.11. The molecule has 0 saturated heterocycles. The monoisotopic (exact) mass is 305 g/mol. The van der Waals surface area contributed by atoms with Crippen molar-refractivity contribution in [2.24, 2.45) is 0 Å². The Bertz CT molecular complexity index is 630. The topological polar surface area (TPSA) is 33.1 Å². The molecule has 1 aromatic carbocycles. The zero-order valence-electron chi connectivity index (χ0n) is 9.83. The summed E-state index contributed by atoms with van der Waals surface area (Å²) in [4.78, 5) is 3.81. The number of nitrogens with zero attached hydrogens (tertiary/aromatic N) is 1. The van der Waals surface area contributed by atoms with Crippen molar-refractivity contribution < 1.29 is 22.7 Å². The van der Waals surface area contributed by atoms with Crippen molar-refractivity contribution >= 4 is 11.6 Å². The first kappa shape index (κ1) is 14.7. The highest BCUT2D eigenvalue weighted by Crippen LogP contribution is 2.34. The fourth-order valence-corrected chi connectivity index (χ4v) is 1.91. The summed E-state index contributed by atoms with van der Waals surface area (Å²) in [5, 5.41) is 10.1. The minimum absolute atomic E-state index is 0.00824. The van der Waals surface area contributed by atoms with Crippen LogP contribution in [-0.2, 0) is 6.18 Å². The van der Waals surface area contributed by atoms with Crippen molar-refractivity contribution in [2.45, 2.75) is 12.3 Å². The Morgan fingerprint density at radius 1 is 1.20 bits per heavy atom. The van der Waals surface area contributed by atoms with E-state index in [2.05, 4.69) is 4.98 Å². The quantitative estimate of drug-likeness (QED) is 0.852. The van der Waals surface area contributed by atoms with E-state index in [9.17, 15) is 22.7 Å². The zero-order chi connectivity index (χ0) is 14.9. The Kier molecular flexibility index (Phi) is 3.96. The second-order valence-corrected chi connectivity index (χ2v) is 4.42. The molecule has 2 nitrogen and oxygen atoms in total. The van der Waals surface area contributed by atoms with Crippen LogP contribution in [0.25, 0.3) is 0 Å². The first-order valence-electron chi connectivity index (χ1n) is 5.46. The summed E-state index contributed by atoms with van der Waals surface area (Å²) in [6, 6.07) is 5.22. The van der Waals surface area contributed by atoms with Crippen molar-refractivity contribution in [1.82, 2.24) is 4.98 Å². The van der Waals surface area contributed by atoms with Gasteiger partial charge in [0.05, 0.1) is 16.3 Å². The van der Waals surface area contributed by atoms with Gasteiger partial charge >= 0.3 is 6.18 Å². The normalized spacial score (nSPS) is 13.3. The lowest BCUT2D eigenvalue weighted by Gasteiger charge is -2.15. The van der Waals surface area contributed by atoms with E-state index in [-0.39, 0.29) is 16.3 Å². The van der Waals surface area contributed by atoms with E-state index in [0.717, 1.165) is 6.07 Å². The van der Waals surface area contributed by atoms with Crippen LogP contribution in [0.3, 0.4) is 0 Å². The van der Waals surface area contributed by atoms with Gasteiger partial charge in [0.2, 0.25) is 0 Å². The van der Waals surface area contributed by atoms with Gasteiger partial charge in [-0.15, -0.1) is 0 Å². The second kappa shape index (κ2) is 5.38. The first-order chi connectivity index (χ1) is 9.30. The smallest absolute Gasteiger partial charge is 0.382 e. The lowest BCUT2D eigenvalue weighted by atomic mass is 10.0. The Morgan fingerprint density at radius 2 is 1.90 bits per heavy atom. The predicted octanol–water partition coefficient (Wildman–Crippen LogP) is 3.97. The van der Waals surface area contributed by atoms with Crippen molar-refractivity contribution in [3.63, 3.8) is 0 Å². The average Bonchev–Trinajstić information content (AvgIpc) is 2.37. The average molecular weight is 306 g/mol. The van der Waals surface area contributed by atoms with Crippen LogP contribution < -0.4 is 0 Å². The van der Waals surface area contributed by atoms with Crippen LogP contribution in [0.2, 0.25) is 5.02 Å². The molecule has 1 unspecified atom stereocenters. The molecule has 2 aromatic rings. The van der Waals surface area contributed by atoms with Crippen LogP contribution in [0, 0.1) is 5.82 Å². The molecule has 1 atom stereocenters. The van der Waals surface area contributed by atoms with Gasteiger partial charge in [0.1, 0.15) is 11.9 Å². The summed E-state index contributed by atoms with van der Waals surface area (Å²) < 4.78 is 51.0. The van der Waals surface area contributed by atoms with Crippen LogP contribution >= 0.6 is 11.6 Å². The molecule has 0 spiro atoms. The molecule has 106 valence electrons. The van der Waals surface area contributed by atoms with E-state index in [4.69, 9.17) is 11.6 Å². The Labute approximate surface area is 116 Å². The third-order valence-corrected chi connectivity index (χ3v) is 2.98. The van der Waals surface area contributed by atoms with Crippen molar-refractivity contribution in [1.29, 1.82) is 0 Å². The third-order valence-electron chi connectivity index (χ3n) is 2.66. The fourth-order valence-electron chi connectivity index (χ4n) is 1.69. The Hall–Kier alpha value is -1.66. The van der Waals surface area contributed by atoms with Crippen LogP contribution in [0.4, 0.5) is 17.6 Å². The van der Waals surface area contributed by atoms with E-state index in [1.165, 1.54) is 18.3 Å². The minimum Gasteiger partial charge on any atom is -0.382 e. The summed E-state index contributed by atoms with van der Waals surface area (Å²) in [7, 11) is 0. The van der Waals surface area contributed by atoms with E-state index >= 15 is 0 Å². The van der Waals surface area contributed by atoms with E-state index in [1.807, 2.05) is 0 Å². The molecule has 1 aromatic heterocycles. The molecule has 0 aliphatic heterocycles. The molecular formula is C13H8ClF4NO. The molecular weight excluding hydrogens is 298 g/mol. The molecule has 0 fully saturated rings. The molecule has 1 heterocycles. The molecule has 0 radical (unpaired) electrons. The molecule has 0 bridgehead atoms. The Balaban J connectivity index is 2.46. The van der Waals surface area contributed by atoms with Crippen LogP contribution in [-0.4, -0.2) is 10.1 Å². The predicted molar refractivity (Wildman–Crippen MR) is 64.7 cm³/mol. The van der Waals surface area contributed by atoms with Gasteiger partial charge < -0.3 is 5.11 Å². The highest BCUT2D eigenvalue weighted by atomic mass is 35.5. The molecule has 2 rings (SSSR count). The van der Waals surface area contributed by atoms with Crippen LogP contribution in [0.5, 0.6) is 0 Å².